The molecule has 1 aromatic carbocycles. The fourth-order valence-corrected chi connectivity index (χ4v) is 3.35. The molecule has 0 unspecified atom stereocenters. The average molecular weight is 355 g/mol. The molecule has 2 heterocycles. The normalized spacial score (nSPS) is 17.9. The van der Waals surface area contributed by atoms with E-state index in [0.29, 0.717) is 25.3 Å². The van der Waals surface area contributed by atoms with Gasteiger partial charge in [-0.2, -0.15) is 5.10 Å². The largest absolute Gasteiger partial charge is 0.358 e. The van der Waals surface area contributed by atoms with Crippen LogP contribution in [0, 0.1) is 0 Å². The average Bonchev–Trinajstić information content (AvgIpc) is 3.11. The molecule has 26 heavy (non-hydrogen) atoms. The second kappa shape index (κ2) is 8.14. The molecule has 0 bridgehead atoms. The van der Waals surface area contributed by atoms with Gasteiger partial charge in [0.1, 0.15) is 11.7 Å². The highest BCUT2D eigenvalue weighted by molar-refractivity contribution is 5.93. The molecular weight excluding hydrogens is 330 g/mol. The van der Waals surface area contributed by atoms with E-state index in [1.807, 2.05) is 18.2 Å². The van der Waals surface area contributed by atoms with Gasteiger partial charge in [-0.25, -0.2) is 0 Å². The molecule has 2 aromatic rings. The van der Waals surface area contributed by atoms with E-state index in [4.69, 9.17) is 0 Å². The van der Waals surface area contributed by atoms with Gasteiger partial charge in [-0.1, -0.05) is 30.3 Å². The number of aryl methyl sites for hydroxylation is 1. The van der Waals surface area contributed by atoms with Crippen LogP contribution in [0.4, 0.5) is 0 Å². The molecule has 1 aliphatic heterocycles. The van der Waals surface area contributed by atoms with Gasteiger partial charge in [0, 0.05) is 46.5 Å². The number of benzene rings is 1. The molecule has 1 aliphatic rings. The van der Waals surface area contributed by atoms with Gasteiger partial charge < -0.3 is 10.2 Å². The van der Waals surface area contributed by atoms with Crippen molar-refractivity contribution >= 4 is 11.8 Å². The van der Waals surface area contributed by atoms with Crippen molar-refractivity contribution in [2.45, 2.75) is 12.5 Å². The molecule has 1 saturated heterocycles. The van der Waals surface area contributed by atoms with Gasteiger partial charge in [0.2, 0.25) is 5.91 Å². The summed E-state index contributed by atoms with van der Waals surface area (Å²) in [4.78, 5) is 29.1. The maximum Gasteiger partial charge on any atom is 0.272 e. The molecule has 0 aliphatic carbocycles. The topological polar surface area (TPSA) is 70.5 Å². The third-order valence-corrected chi connectivity index (χ3v) is 4.90. The number of nitrogens with one attached hydrogen (secondary N) is 1. The molecular formula is C19H25N5O2. The van der Waals surface area contributed by atoms with E-state index in [9.17, 15) is 9.59 Å². The van der Waals surface area contributed by atoms with Crippen molar-refractivity contribution in [1.82, 2.24) is 24.9 Å². The zero-order chi connectivity index (χ0) is 18.5. The minimum absolute atomic E-state index is 0.0550. The first-order chi connectivity index (χ1) is 12.6. The summed E-state index contributed by atoms with van der Waals surface area (Å²) in [5.41, 5.74) is 1.79. The molecule has 1 atom stereocenters. The molecule has 1 aromatic heterocycles. The minimum Gasteiger partial charge on any atom is -0.358 e. The van der Waals surface area contributed by atoms with Crippen LogP contribution in [0.25, 0.3) is 0 Å². The van der Waals surface area contributed by atoms with Crippen LogP contribution in [-0.4, -0.2) is 70.7 Å². The Morgan fingerprint density at radius 2 is 1.96 bits per heavy atom. The lowest BCUT2D eigenvalue weighted by molar-refractivity contribution is -0.127. The molecule has 0 radical (unpaired) electrons. The fourth-order valence-electron chi connectivity index (χ4n) is 3.35. The Balaban J connectivity index is 1.68. The van der Waals surface area contributed by atoms with Gasteiger partial charge in [0.05, 0.1) is 0 Å². The number of likely N-dealkylation sites (N-methyl/N-ethyl adjacent to an activating group) is 1. The summed E-state index contributed by atoms with van der Waals surface area (Å²) in [6.45, 7) is 2.45. The van der Waals surface area contributed by atoms with Crippen LogP contribution in [0.1, 0.15) is 16.1 Å². The van der Waals surface area contributed by atoms with Crippen LogP contribution in [0.15, 0.2) is 42.6 Å². The standard InChI is InChI=1S/C19H25N5O2/c1-20-18(25)17-14-24(19(26)16-8-10-21-22(16)2)13-12-23(17)11-9-15-6-4-3-5-7-15/h3-8,10,17H,9,11-14H2,1-2H3,(H,20,25)/t17-/m1/s1. The number of hydrogen-bond donors (Lipinski definition) is 1. The van der Waals surface area contributed by atoms with Gasteiger partial charge in [0.25, 0.3) is 5.91 Å². The van der Waals surface area contributed by atoms with Gasteiger partial charge in [-0.15, -0.1) is 0 Å². The number of amides is 2. The molecule has 138 valence electrons. The zero-order valence-electron chi connectivity index (χ0n) is 15.3. The van der Waals surface area contributed by atoms with Gasteiger partial charge in [-0.3, -0.25) is 19.2 Å². The number of hydrogen-bond acceptors (Lipinski definition) is 4. The third-order valence-electron chi connectivity index (χ3n) is 4.90. The van der Waals surface area contributed by atoms with Crippen molar-refractivity contribution in [3.8, 4) is 0 Å². The number of rotatable bonds is 5. The smallest absolute Gasteiger partial charge is 0.272 e. The van der Waals surface area contributed by atoms with Crippen LogP contribution in [0.3, 0.4) is 0 Å². The molecule has 2 amide bonds. The Hall–Kier alpha value is -2.67. The number of piperazine rings is 1. The van der Waals surface area contributed by atoms with E-state index < -0.39 is 0 Å². The van der Waals surface area contributed by atoms with E-state index in [2.05, 4.69) is 27.4 Å². The second-order valence-electron chi connectivity index (χ2n) is 6.49. The predicted molar refractivity (Wildman–Crippen MR) is 98.7 cm³/mol. The van der Waals surface area contributed by atoms with Crippen LogP contribution in [-0.2, 0) is 18.3 Å². The van der Waals surface area contributed by atoms with Crippen molar-refractivity contribution in [2.24, 2.45) is 7.05 Å². The summed E-state index contributed by atoms with van der Waals surface area (Å²) < 4.78 is 1.57. The summed E-state index contributed by atoms with van der Waals surface area (Å²) in [6, 6.07) is 11.6. The maximum absolute atomic E-state index is 12.7. The lowest BCUT2D eigenvalue weighted by atomic mass is 10.1. The van der Waals surface area contributed by atoms with E-state index in [1.54, 1.807) is 35.9 Å². The molecule has 7 nitrogen and oxygen atoms in total. The first-order valence-corrected chi connectivity index (χ1v) is 8.87. The summed E-state index contributed by atoms with van der Waals surface area (Å²) in [6.07, 6.45) is 2.49. The van der Waals surface area contributed by atoms with Crippen LogP contribution < -0.4 is 5.32 Å². The predicted octanol–water partition coefficient (Wildman–Crippen LogP) is 0.535. The fraction of sp³-hybridized carbons (Fsp3) is 0.421. The van der Waals surface area contributed by atoms with E-state index >= 15 is 0 Å². The highest BCUT2D eigenvalue weighted by atomic mass is 16.2. The molecule has 7 heteroatoms. The number of carbonyl (C=O) groups excluding carboxylic acids is 2. The van der Waals surface area contributed by atoms with Crippen molar-refractivity contribution in [3.63, 3.8) is 0 Å². The quantitative estimate of drug-likeness (QED) is 0.850. The van der Waals surface area contributed by atoms with E-state index in [-0.39, 0.29) is 17.9 Å². The first-order valence-electron chi connectivity index (χ1n) is 8.87. The lowest BCUT2D eigenvalue weighted by Gasteiger charge is -2.40. The summed E-state index contributed by atoms with van der Waals surface area (Å²) >= 11 is 0. The zero-order valence-corrected chi connectivity index (χ0v) is 15.3. The van der Waals surface area contributed by atoms with Crippen LogP contribution >= 0.6 is 0 Å². The Bertz CT molecular complexity index is 758. The monoisotopic (exact) mass is 355 g/mol. The third kappa shape index (κ3) is 3.94. The van der Waals surface area contributed by atoms with Gasteiger partial charge in [-0.05, 0) is 18.1 Å². The van der Waals surface area contributed by atoms with Gasteiger partial charge >= 0.3 is 0 Å². The molecule has 0 spiro atoms. The van der Waals surface area contributed by atoms with Crippen molar-refractivity contribution in [2.75, 3.05) is 33.2 Å². The first kappa shape index (κ1) is 18.1. The summed E-state index contributed by atoms with van der Waals surface area (Å²) in [5.74, 6) is -0.137. The maximum atomic E-state index is 12.7. The molecule has 1 N–H and O–H groups in total. The molecule has 3 rings (SSSR count). The summed E-state index contributed by atoms with van der Waals surface area (Å²) in [7, 11) is 3.39. The van der Waals surface area contributed by atoms with E-state index in [0.717, 1.165) is 13.0 Å². The molecule has 1 fully saturated rings. The van der Waals surface area contributed by atoms with E-state index in [1.165, 1.54) is 5.56 Å². The molecule has 0 saturated carbocycles. The van der Waals surface area contributed by atoms with Crippen LogP contribution in [0.5, 0.6) is 0 Å². The number of carbonyl (C=O) groups is 2. The van der Waals surface area contributed by atoms with Crippen molar-refractivity contribution in [1.29, 1.82) is 0 Å². The van der Waals surface area contributed by atoms with Crippen LogP contribution in [0.2, 0.25) is 0 Å². The Kier molecular flexibility index (Phi) is 5.68. The Labute approximate surface area is 153 Å². The second-order valence-corrected chi connectivity index (χ2v) is 6.49. The number of nitrogens with zero attached hydrogens (tertiary/aromatic N) is 4. The lowest BCUT2D eigenvalue weighted by Crippen LogP contribution is -2.60. The highest BCUT2D eigenvalue weighted by Gasteiger charge is 2.34. The number of aromatic nitrogens is 2. The Morgan fingerprint density at radius 1 is 1.19 bits per heavy atom. The summed E-state index contributed by atoms with van der Waals surface area (Å²) in [5, 5.41) is 6.79. The van der Waals surface area contributed by atoms with Gasteiger partial charge in [0.15, 0.2) is 0 Å². The van der Waals surface area contributed by atoms with Crippen molar-refractivity contribution < 1.29 is 9.59 Å². The highest BCUT2D eigenvalue weighted by Crippen LogP contribution is 2.15. The Morgan fingerprint density at radius 3 is 2.62 bits per heavy atom. The SMILES string of the molecule is CNC(=O)[C@H]1CN(C(=O)c2ccnn2C)CCN1CCc1ccccc1. The van der Waals surface area contributed by atoms with Crippen molar-refractivity contribution in [3.05, 3.63) is 53.9 Å². The minimum atomic E-state index is -0.338.